The molecule has 1 N–H and O–H groups in total. The Hall–Kier alpha value is -4.27. The number of nitrogens with one attached hydrogen (secondary N) is 1. The molecule has 0 aliphatic carbocycles. The Morgan fingerprint density at radius 1 is 1.03 bits per heavy atom. The number of imidazole rings is 1. The lowest BCUT2D eigenvalue weighted by atomic mass is 10.0. The van der Waals surface area contributed by atoms with Gasteiger partial charge in [0.2, 0.25) is 0 Å². The molecule has 1 aliphatic heterocycles. The molecule has 0 atom stereocenters. The highest BCUT2D eigenvalue weighted by Gasteiger charge is 2.34. The number of likely N-dealkylation sites (N-methyl/N-ethyl adjacent to an activating group) is 1. The average molecular weight is 534 g/mol. The van der Waals surface area contributed by atoms with Crippen LogP contribution in [0.4, 0.5) is 18.9 Å². The first-order valence-corrected chi connectivity index (χ1v) is 12.3. The molecule has 39 heavy (non-hydrogen) atoms. The summed E-state index contributed by atoms with van der Waals surface area (Å²) >= 11 is 0. The van der Waals surface area contributed by atoms with Gasteiger partial charge in [-0.15, -0.1) is 0 Å². The van der Waals surface area contributed by atoms with Crippen LogP contribution in [0.25, 0.3) is 5.65 Å². The van der Waals surface area contributed by atoms with E-state index in [1.54, 1.807) is 23.1 Å². The van der Waals surface area contributed by atoms with Crippen LogP contribution in [0.3, 0.4) is 0 Å². The summed E-state index contributed by atoms with van der Waals surface area (Å²) in [5.41, 5.74) is 2.40. The van der Waals surface area contributed by atoms with Crippen LogP contribution in [0, 0.1) is 18.8 Å². The fourth-order valence-corrected chi connectivity index (χ4v) is 4.41. The number of rotatable bonds is 4. The van der Waals surface area contributed by atoms with Gasteiger partial charge in [-0.2, -0.15) is 13.2 Å². The normalized spacial score (nSPS) is 14.7. The Morgan fingerprint density at radius 2 is 1.82 bits per heavy atom. The first-order valence-electron chi connectivity index (χ1n) is 12.3. The van der Waals surface area contributed by atoms with Crippen molar-refractivity contribution in [1.82, 2.24) is 29.2 Å². The smallest absolute Gasteiger partial charge is 0.322 e. The predicted octanol–water partition coefficient (Wildman–Crippen LogP) is 3.85. The van der Waals surface area contributed by atoms with Gasteiger partial charge in [-0.05, 0) is 43.7 Å². The maximum Gasteiger partial charge on any atom is 0.416 e. The van der Waals surface area contributed by atoms with Gasteiger partial charge in [0.05, 0.1) is 17.3 Å². The first kappa shape index (κ1) is 26.3. The lowest BCUT2D eigenvalue weighted by Gasteiger charge is -2.33. The van der Waals surface area contributed by atoms with Crippen molar-refractivity contribution in [3.63, 3.8) is 0 Å². The van der Waals surface area contributed by atoms with Gasteiger partial charge in [-0.25, -0.2) is 9.97 Å². The van der Waals surface area contributed by atoms with Gasteiger partial charge in [0.15, 0.2) is 0 Å². The molecule has 0 spiro atoms. The van der Waals surface area contributed by atoms with E-state index in [0.29, 0.717) is 24.3 Å². The number of hydrogen-bond donors (Lipinski definition) is 1. The zero-order valence-corrected chi connectivity index (χ0v) is 21.5. The molecule has 11 heteroatoms. The van der Waals surface area contributed by atoms with E-state index < -0.39 is 17.6 Å². The van der Waals surface area contributed by atoms with Crippen molar-refractivity contribution in [3.05, 3.63) is 88.9 Å². The summed E-state index contributed by atoms with van der Waals surface area (Å²) in [5.74, 6) is 5.38. The second-order valence-corrected chi connectivity index (χ2v) is 9.53. The van der Waals surface area contributed by atoms with Crippen LogP contribution >= 0.6 is 0 Å². The average Bonchev–Trinajstić information content (AvgIpc) is 3.33. The van der Waals surface area contributed by atoms with Crippen molar-refractivity contribution in [2.75, 3.05) is 38.5 Å². The highest BCUT2D eigenvalue weighted by atomic mass is 19.4. The molecule has 0 unspecified atom stereocenters. The molecule has 1 saturated heterocycles. The summed E-state index contributed by atoms with van der Waals surface area (Å²) < 4.78 is 43.5. The quantitative estimate of drug-likeness (QED) is 0.402. The van der Waals surface area contributed by atoms with Crippen LogP contribution in [-0.4, -0.2) is 68.3 Å². The number of carbonyl (C=O) groups excluding carboxylic acids is 1. The molecule has 5 rings (SSSR count). The Morgan fingerprint density at radius 3 is 2.59 bits per heavy atom. The van der Waals surface area contributed by atoms with Crippen LogP contribution < -0.4 is 5.32 Å². The van der Waals surface area contributed by atoms with Crippen molar-refractivity contribution in [2.45, 2.75) is 19.6 Å². The van der Waals surface area contributed by atoms with Gasteiger partial charge in [-0.1, -0.05) is 12.0 Å². The monoisotopic (exact) mass is 533 g/mol. The van der Waals surface area contributed by atoms with Crippen LogP contribution in [0.1, 0.15) is 38.3 Å². The summed E-state index contributed by atoms with van der Waals surface area (Å²) in [5, 5.41) is 2.56. The number of piperazine rings is 1. The molecule has 200 valence electrons. The highest BCUT2D eigenvalue weighted by Crippen LogP contribution is 2.34. The highest BCUT2D eigenvalue weighted by molar-refractivity contribution is 6.04. The molecule has 8 nitrogen and oxygen atoms in total. The summed E-state index contributed by atoms with van der Waals surface area (Å²) in [6.45, 7) is 5.12. The number of aryl methyl sites for hydroxylation is 1. The van der Waals surface area contributed by atoms with E-state index in [2.05, 4.69) is 37.0 Å². The summed E-state index contributed by atoms with van der Waals surface area (Å²) in [6.07, 6.45) is 3.26. The topological polar surface area (TPSA) is 78.7 Å². The Kier molecular flexibility index (Phi) is 7.32. The number of benzene rings is 1. The first-order chi connectivity index (χ1) is 18.7. The van der Waals surface area contributed by atoms with Gasteiger partial charge in [0.1, 0.15) is 17.7 Å². The Bertz CT molecular complexity index is 1580. The molecule has 1 amide bonds. The number of pyridine rings is 1. The number of nitrogens with zero attached hydrogens (tertiary/aromatic N) is 6. The minimum atomic E-state index is -4.55. The lowest BCUT2D eigenvalue weighted by molar-refractivity contribution is -0.138. The van der Waals surface area contributed by atoms with Crippen LogP contribution in [0.2, 0.25) is 0 Å². The molecule has 1 aromatic carbocycles. The van der Waals surface area contributed by atoms with E-state index in [-0.39, 0.29) is 23.4 Å². The van der Waals surface area contributed by atoms with Crippen molar-refractivity contribution in [1.29, 1.82) is 0 Å². The number of amides is 1. The van der Waals surface area contributed by atoms with Crippen molar-refractivity contribution in [3.8, 4) is 11.8 Å². The minimum Gasteiger partial charge on any atom is -0.322 e. The largest absolute Gasteiger partial charge is 0.416 e. The molecular formula is C28H26F3N7O. The zero-order valence-electron chi connectivity index (χ0n) is 21.5. The van der Waals surface area contributed by atoms with Gasteiger partial charge >= 0.3 is 6.18 Å². The molecule has 4 aromatic rings. The number of fused-ring (bicyclic) bond motifs is 1. The zero-order chi connectivity index (χ0) is 27.6. The molecule has 0 bridgehead atoms. The fourth-order valence-electron chi connectivity index (χ4n) is 4.41. The number of carbonyl (C=O) groups is 1. The number of aromatic nitrogens is 4. The molecule has 4 heterocycles. The van der Waals surface area contributed by atoms with E-state index in [0.717, 1.165) is 30.4 Å². The minimum absolute atomic E-state index is 0.0551. The van der Waals surface area contributed by atoms with E-state index in [4.69, 9.17) is 0 Å². The molecule has 1 fully saturated rings. The molecule has 1 aliphatic rings. The number of anilines is 1. The van der Waals surface area contributed by atoms with E-state index in [1.807, 2.05) is 18.9 Å². The third kappa shape index (κ3) is 6.08. The Labute approximate surface area is 223 Å². The predicted molar refractivity (Wildman–Crippen MR) is 140 cm³/mol. The van der Waals surface area contributed by atoms with Crippen LogP contribution in [0.5, 0.6) is 0 Å². The standard InChI is InChI=1S/C28H26F3N7O/c1-19-13-33-18-38-24(16-34-26(19)38)6-3-20-11-22(15-32-14-20)27(39)35-23-5-4-21(25(12-23)28(29,30)31)17-37-9-7-36(2)8-10-37/h4-5,11-16,18H,7-10,17H2,1-2H3,(H,35,39). The van der Waals surface area contributed by atoms with E-state index >= 15 is 0 Å². The fraction of sp³-hybridized carbons (Fsp3) is 0.286. The lowest BCUT2D eigenvalue weighted by Crippen LogP contribution is -2.44. The van der Waals surface area contributed by atoms with Gasteiger partial charge in [-0.3, -0.25) is 19.1 Å². The molecule has 3 aromatic heterocycles. The molecule has 0 radical (unpaired) electrons. The van der Waals surface area contributed by atoms with Gasteiger partial charge in [0, 0.05) is 68.1 Å². The summed E-state index contributed by atoms with van der Waals surface area (Å²) in [6, 6.07) is 5.45. The third-order valence-electron chi connectivity index (χ3n) is 6.60. The number of alkyl halides is 3. The number of hydrogen-bond acceptors (Lipinski definition) is 6. The van der Waals surface area contributed by atoms with Crippen molar-refractivity contribution >= 4 is 17.2 Å². The molecule has 0 saturated carbocycles. The van der Waals surface area contributed by atoms with E-state index in [9.17, 15) is 18.0 Å². The third-order valence-corrected chi connectivity index (χ3v) is 6.60. The number of halogens is 3. The van der Waals surface area contributed by atoms with E-state index in [1.165, 1.54) is 30.6 Å². The maximum atomic E-state index is 13.9. The second kappa shape index (κ2) is 10.8. The van der Waals surface area contributed by atoms with Crippen molar-refractivity contribution < 1.29 is 18.0 Å². The van der Waals surface area contributed by atoms with Gasteiger partial charge < -0.3 is 10.2 Å². The maximum absolute atomic E-state index is 13.9. The van der Waals surface area contributed by atoms with Gasteiger partial charge in [0.25, 0.3) is 5.91 Å². The molecular weight excluding hydrogens is 507 g/mol. The SMILES string of the molecule is Cc1cncn2c(C#Cc3cncc(C(=O)Nc4ccc(CN5CCN(C)CC5)c(C(F)(F)F)c4)c3)cnc12. The van der Waals surface area contributed by atoms with Crippen LogP contribution in [-0.2, 0) is 12.7 Å². The second-order valence-electron chi connectivity index (χ2n) is 9.53. The summed E-state index contributed by atoms with van der Waals surface area (Å²) in [4.78, 5) is 29.6. The van der Waals surface area contributed by atoms with Crippen LogP contribution in [0.15, 0.2) is 55.4 Å². The summed E-state index contributed by atoms with van der Waals surface area (Å²) in [7, 11) is 1.99. The Balaban J connectivity index is 1.33. The van der Waals surface area contributed by atoms with Crippen molar-refractivity contribution in [2.24, 2.45) is 0 Å².